The summed E-state index contributed by atoms with van der Waals surface area (Å²) in [7, 11) is 0. The molecule has 0 aromatic carbocycles. The lowest BCUT2D eigenvalue weighted by molar-refractivity contribution is -0.133. The minimum Gasteiger partial charge on any atom is -0.341 e. The van der Waals surface area contributed by atoms with E-state index in [1.54, 1.807) is 6.20 Å². The van der Waals surface area contributed by atoms with Crippen LogP contribution >= 0.6 is 0 Å². The molecule has 0 radical (unpaired) electrons. The molecule has 1 saturated heterocycles. The molecule has 0 spiro atoms. The molecule has 5 heteroatoms. The monoisotopic (exact) mass is 236 g/mol. The van der Waals surface area contributed by atoms with E-state index in [-0.39, 0.29) is 11.9 Å². The first-order valence-corrected chi connectivity index (χ1v) is 6.26. The van der Waals surface area contributed by atoms with Gasteiger partial charge in [-0.1, -0.05) is 6.92 Å². The van der Waals surface area contributed by atoms with E-state index < -0.39 is 0 Å². The number of hydrogen-bond acceptors (Lipinski definition) is 3. The first-order valence-electron chi connectivity index (χ1n) is 6.26. The van der Waals surface area contributed by atoms with E-state index >= 15 is 0 Å². The molecule has 1 aromatic rings. The van der Waals surface area contributed by atoms with E-state index in [0.29, 0.717) is 12.3 Å². The molecule has 0 bridgehead atoms. The third kappa shape index (κ3) is 2.66. The lowest BCUT2D eigenvalue weighted by Crippen LogP contribution is -2.47. The zero-order valence-corrected chi connectivity index (χ0v) is 10.2. The second kappa shape index (κ2) is 5.31. The average Bonchev–Trinajstić information content (AvgIpc) is 2.91. The van der Waals surface area contributed by atoms with Crippen LogP contribution in [0.5, 0.6) is 0 Å². The fourth-order valence-corrected chi connectivity index (χ4v) is 2.33. The molecule has 1 amide bonds. The number of aromatic nitrogens is 2. The third-order valence-electron chi connectivity index (χ3n) is 3.45. The molecular weight excluding hydrogens is 216 g/mol. The number of likely N-dealkylation sites (tertiary alicyclic amines) is 1. The standard InChI is InChI=1S/C12H20N4O/c1-2-10(13)12(17)16-7-3-4-9(8-16)11-5-6-14-15-11/h5-6,9-10H,2-4,7-8,13H2,1H3,(H,14,15)/t9?,10-/m0/s1. The van der Waals surface area contributed by atoms with Crippen LogP contribution in [0.2, 0.25) is 0 Å². The number of nitrogens with one attached hydrogen (secondary N) is 1. The first-order chi connectivity index (χ1) is 8.22. The summed E-state index contributed by atoms with van der Waals surface area (Å²) in [5.74, 6) is 0.455. The molecular formula is C12H20N4O. The molecule has 0 saturated carbocycles. The third-order valence-corrected chi connectivity index (χ3v) is 3.45. The van der Waals surface area contributed by atoms with Gasteiger partial charge in [-0.15, -0.1) is 0 Å². The fourth-order valence-electron chi connectivity index (χ4n) is 2.33. The molecule has 1 aliphatic rings. The second-order valence-corrected chi connectivity index (χ2v) is 4.65. The number of piperidine rings is 1. The predicted molar refractivity (Wildman–Crippen MR) is 65.4 cm³/mol. The molecule has 17 heavy (non-hydrogen) atoms. The number of carbonyl (C=O) groups is 1. The lowest BCUT2D eigenvalue weighted by Gasteiger charge is -2.33. The zero-order chi connectivity index (χ0) is 12.3. The average molecular weight is 236 g/mol. The summed E-state index contributed by atoms with van der Waals surface area (Å²) in [6.07, 6.45) is 4.59. The minimum absolute atomic E-state index is 0.0803. The summed E-state index contributed by atoms with van der Waals surface area (Å²) >= 11 is 0. The molecule has 1 fully saturated rings. The number of nitrogens with two attached hydrogens (primary N) is 1. The normalized spacial score (nSPS) is 22.5. The van der Waals surface area contributed by atoms with Crippen molar-refractivity contribution in [3.05, 3.63) is 18.0 Å². The van der Waals surface area contributed by atoms with E-state index in [4.69, 9.17) is 5.73 Å². The van der Waals surface area contributed by atoms with Gasteiger partial charge in [0, 0.05) is 30.9 Å². The van der Waals surface area contributed by atoms with Crippen LogP contribution < -0.4 is 5.73 Å². The summed E-state index contributed by atoms with van der Waals surface area (Å²) in [4.78, 5) is 13.9. The van der Waals surface area contributed by atoms with Crippen LogP contribution in [-0.4, -0.2) is 40.1 Å². The molecule has 2 rings (SSSR count). The summed E-state index contributed by atoms with van der Waals surface area (Å²) in [5.41, 5.74) is 6.92. The Hall–Kier alpha value is -1.36. The van der Waals surface area contributed by atoms with Crippen molar-refractivity contribution < 1.29 is 4.79 Å². The number of amides is 1. The van der Waals surface area contributed by atoms with Gasteiger partial charge in [0.05, 0.1) is 6.04 Å². The zero-order valence-electron chi connectivity index (χ0n) is 10.2. The van der Waals surface area contributed by atoms with Gasteiger partial charge in [0.2, 0.25) is 5.91 Å². The molecule has 0 aliphatic carbocycles. The highest BCUT2D eigenvalue weighted by atomic mass is 16.2. The highest BCUT2D eigenvalue weighted by Gasteiger charge is 2.27. The van der Waals surface area contributed by atoms with E-state index in [2.05, 4.69) is 10.2 Å². The van der Waals surface area contributed by atoms with Crippen LogP contribution in [-0.2, 0) is 4.79 Å². The Kier molecular flexibility index (Phi) is 3.78. The van der Waals surface area contributed by atoms with E-state index in [1.165, 1.54) is 0 Å². The van der Waals surface area contributed by atoms with Crippen LogP contribution in [0.15, 0.2) is 12.3 Å². The van der Waals surface area contributed by atoms with Crippen LogP contribution in [0.3, 0.4) is 0 Å². The van der Waals surface area contributed by atoms with Gasteiger partial charge < -0.3 is 10.6 Å². The van der Waals surface area contributed by atoms with Gasteiger partial charge in [0.25, 0.3) is 0 Å². The Morgan fingerprint density at radius 2 is 2.59 bits per heavy atom. The van der Waals surface area contributed by atoms with Crippen molar-refractivity contribution in [1.29, 1.82) is 0 Å². The van der Waals surface area contributed by atoms with Crippen LogP contribution in [0.4, 0.5) is 0 Å². The highest BCUT2D eigenvalue weighted by molar-refractivity contribution is 5.81. The van der Waals surface area contributed by atoms with Gasteiger partial charge in [-0.25, -0.2) is 0 Å². The first kappa shape index (κ1) is 12.1. The number of carbonyl (C=O) groups excluding carboxylic acids is 1. The summed E-state index contributed by atoms with van der Waals surface area (Å²) in [6.45, 7) is 3.53. The lowest BCUT2D eigenvalue weighted by atomic mass is 9.94. The molecule has 2 atom stereocenters. The Morgan fingerprint density at radius 3 is 3.24 bits per heavy atom. The summed E-state index contributed by atoms with van der Waals surface area (Å²) in [5, 5.41) is 6.96. The van der Waals surface area contributed by atoms with Crippen LogP contribution in [0.1, 0.15) is 37.8 Å². The predicted octanol–water partition coefficient (Wildman–Crippen LogP) is 0.853. The summed E-state index contributed by atoms with van der Waals surface area (Å²) in [6, 6.07) is 1.63. The number of hydrogen-bond donors (Lipinski definition) is 2. The minimum atomic E-state index is -0.351. The Balaban J connectivity index is 2.00. The second-order valence-electron chi connectivity index (χ2n) is 4.65. The van der Waals surface area contributed by atoms with Crippen LogP contribution in [0.25, 0.3) is 0 Å². The molecule has 3 N–H and O–H groups in total. The van der Waals surface area contributed by atoms with Gasteiger partial charge in [-0.05, 0) is 25.3 Å². The van der Waals surface area contributed by atoms with Crippen molar-refractivity contribution in [2.45, 2.75) is 38.1 Å². The van der Waals surface area contributed by atoms with E-state index in [1.807, 2.05) is 17.9 Å². The van der Waals surface area contributed by atoms with Crippen molar-refractivity contribution in [2.75, 3.05) is 13.1 Å². The Morgan fingerprint density at radius 1 is 1.76 bits per heavy atom. The maximum atomic E-state index is 12.0. The quantitative estimate of drug-likeness (QED) is 0.817. The van der Waals surface area contributed by atoms with E-state index in [9.17, 15) is 4.79 Å². The number of rotatable bonds is 3. The Bertz CT molecular complexity index is 363. The molecule has 5 nitrogen and oxygen atoms in total. The molecule has 1 unspecified atom stereocenters. The van der Waals surface area contributed by atoms with Gasteiger partial charge in [-0.2, -0.15) is 5.10 Å². The largest absolute Gasteiger partial charge is 0.341 e. The number of aromatic amines is 1. The molecule has 1 aromatic heterocycles. The van der Waals surface area contributed by atoms with Gasteiger partial charge in [0.1, 0.15) is 0 Å². The van der Waals surface area contributed by atoms with Gasteiger partial charge in [0.15, 0.2) is 0 Å². The topological polar surface area (TPSA) is 75.0 Å². The summed E-state index contributed by atoms with van der Waals surface area (Å²) < 4.78 is 0. The maximum Gasteiger partial charge on any atom is 0.239 e. The van der Waals surface area contributed by atoms with Crippen molar-refractivity contribution in [1.82, 2.24) is 15.1 Å². The van der Waals surface area contributed by atoms with Gasteiger partial charge >= 0.3 is 0 Å². The maximum absolute atomic E-state index is 12.0. The van der Waals surface area contributed by atoms with Crippen LogP contribution in [0, 0.1) is 0 Å². The molecule has 1 aliphatic heterocycles. The number of H-pyrrole nitrogens is 1. The van der Waals surface area contributed by atoms with Crippen molar-refractivity contribution in [2.24, 2.45) is 5.73 Å². The van der Waals surface area contributed by atoms with E-state index in [0.717, 1.165) is 31.6 Å². The highest BCUT2D eigenvalue weighted by Crippen LogP contribution is 2.25. The molecule has 94 valence electrons. The smallest absolute Gasteiger partial charge is 0.239 e. The van der Waals surface area contributed by atoms with Crippen molar-refractivity contribution in [3.8, 4) is 0 Å². The van der Waals surface area contributed by atoms with Crippen molar-refractivity contribution >= 4 is 5.91 Å². The van der Waals surface area contributed by atoms with Crippen molar-refractivity contribution in [3.63, 3.8) is 0 Å². The molecule has 2 heterocycles. The van der Waals surface area contributed by atoms with Gasteiger partial charge in [-0.3, -0.25) is 9.89 Å². The fraction of sp³-hybridized carbons (Fsp3) is 0.667. The SMILES string of the molecule is CC[C@H](N)C(=O)N1CCCC(c2ccn[nH]2)C1. The Labute approximate surface area is 101 Å². The number of nitrogens with zero attached hydrogens (tertiary/aromatic N) is 2.